The molecule has 3 aromatic heterocycles. The first kappa shape index (κ1) is 12.5. The van der Waals surface area contributed by atoms with Gasteiger partial charge in [-0.2, -0.15) is 10.2 Å². The number of hydrogen-bond donors (Lipinski definition) is 2. The maximum atomic E-state index is 11.2. The Balaban J connectivity index is 1.72. The number of thiazole rings is 1. The second kappa shape index (κ2) is 4.93. The van der Waals surface area contributed by atoms with E-state index >= 15 is 0 Å². The van der Waals surface area contributed by atoms with Gasteiger partial charge in [-0.05, 0) is 0 Å². The lowest BCUT2D eigenvalue weighted by atomic mass is 10.3. The molecule has 0 aromatic carbocycles. The zero-order chi connectivity index (χ0) is 14.2. The summed E-state index contributed by atoms with van der Waals surface area (Å²) in [6, 6.07) is 1.45. The molecule has 8 nitrogen and oxygen atoms in total. The molecule has 2 N–H and O–H groups in total. The fourth-order valence-corrected chi connectivity index (χ4v) is 3.24. The van der Waals surface area contributed by atoms with E-state index in [4.69, 9.17) is 4.74 Å². The van der Waals surface area contributed by atoms with Crippen LogP contribution in [-0.4, -0.2) is 51.7 Å². The molecule has 9 heteroatoms. The second-order valence-electron chi connectivity index (χ2n) is 4.67. The van der Waals surface area contributed by atoms with E-state index in [0.29, 0.717) is 16.7 Å². The van der Waals surface area contributed by atoms with E-state index in [2.05, 4.69) is 30.3 Å². The highest BCUT2D eigenvalue weighted by Crippen LogP contribution is 2.32. The molecule has 21 heavy (non-hydrogen) atoms. The molecule has 0 saturated carbocycles. The lowest BCUT2D eigenvalue weighted by Crippen LogP contribution is -2.36. The number of morpholine rings is 1. The Morgan fingerprint density at radius 2 is 2.10 bits per heavy atom. The van der Waals surface area contributed by atoms with Crippen molar-refractivity contribution in [3.05, 3.63) is 22.6 Å². The molecule has 4 heterocycles. The van der Waals surface area contributed by atoms with Crippen molar-refractivity contribution in [2.24, 2.45) is 0 Å². The molecule has 108 valence electrons. The van der Waals surface area contributed by atoms with Gasteiger partial charge in [0.2, 0.25) is 0 Å². The number of rotatable bonds is 2. The molecule has 1 aliphatic rings. The van der Waals surface area contributed by atoms with Gasteiger partial charge in [-0.25, -0.2) is 10.1 Å². The molecular formula is C12H12N6O2S. The molecule has 0 atom stereocenters. The molecule has 0 radical (unpaired) electrons. The van der Waals surface area contributed by atoms with E-state index in [1.807, 2.05) is 0 Å². The van der Waals surface area contributed by atoms with Gasteiger partial charge >= 0.3 is 0 Å². The lowest BCUT2D eigenvalue weighted by Gasteiger charge is -2.25. The van der Waals surface area contributed by atoms with E-state index in [1.54, 1.807) is 17.5 Å². The quantitative estimate of drug-likeness (QED) is 0.719. The van der Waals surface area contributed by atoms with Gasteiger partial charge < -0.3 is 9.64 Å². The molecule has 1 fully saturated rings. The van der Waals surface area contributed by atoms with Crippen LogP contribution >= 0.6 is 11.3 Å². The Bertz CT molecular complexity index is 832. The molecular weight excluding hydrogens is 292 g/mol. The highest BCUT2D eigenvalue weighted by atomic mass is 32.1. The van der Waals surface area contributed by atoms with Crippen LogP contribution in [0.4, 0.5) is 5.13 Å². The van der Waals surface area contributed by atoms with E-state index in [9.17, 15) is 4.79 Å². The van der Waals surface area contributed by atoms with Gasteiger partial charge in [-0.15, -0.1) is 0 Å². The topological polar surface area (TPSA) is 99.8 Å². The van der Waals surface area contributed by atoms with Crippen molar-refractivity contribution in [2.45, 2.75) is 0 Å². The summed E-state index contributed by atoms with van der Waals surface area (Å²) < 4.78 is 5.34. The Morgan fingerprint density at radius 3 is 2.95 bits per heavy atom. The summed E-state index contributed by atoms with van der Waals surface area (Å²) in [4.78, 5) is 18.8. The summed E-state index contributed by atoms with van der Waals surface area (Å²) in [6.07, 6.45) is 1.79. The average molecular weight is 304 g/mol. The van der Waals surface area contributed by atoms with Gasteiger partial charge in [0, 0.05) is 25.4 Å². The lowest BCUT2D eigenvalue weighted by molar-refractivity contribution is 0.122. The van der Waals surface area contributed by atoms with Crippen LogP contribution in [0, 0.1) is 0 Å². The smallest absolute Gasteiger partial charge is 0.266 e. The monoisotopic (exact) mass is 304 g/mol. The highest BCUT2D eigenvalue weighted by molar-refractivity contribution is 7.19. The van der Waals surface area contributed by atoms with Crippen molar-refractivity contribution in [3.63, 3.8) is 0 Å². The molecule has 1 saturated heterocycles. The highest BCUT2D eigenvalue weighted by Gasteiger charge is 2.18. The molecule has 0 aliphatic carbocycles. The molecule has 3 aromatic rings. The van der Waals surface area contributed by atoms with Crippen molar-refractivity contribution < 1.29 is 4.74 Å². The number of nitrogens with zero attached hydrogens (tertiary/aromatic N) is 4. The first-order valence-corrected chi connectivity index (χ1v) is 7.35. The number of aromatic amines is 2. The zero-order valence-electron chi connectivity index (χ0n) is 11.0. The maximum absolute atomic E-state index is 11.2. The SMILES string of the molecule is O=c1cc2[nH]nc(-c3cnc(N4CCOCC4)s3)c2n[nH]1. The molecule has 4 rings (SSSR count). The number of H-pyrrole nitrogens is 2. The molecule has 1 aliphatic heterocycles. The number of fused-ring (bicyclic) bond motifs is 1. The summed E-state index contributed by atoms with van der Waals surface area (Å²) in [5, 5.41) is 14.5. The largest absolute Gasteiger partial charge is 0.378 e. The fourth-order valence-electron chi connectivity index (χ4n) is 2.28. The van der Waals surface area contributed by atoms with E-state index in [1.165, 1.54) is 6.07 Å². The number of hydrogen-bond acceptors (Lipinski definition) is 7. The van der Waals surface area contributed by atoms with E-state index in [0.717, 1.165) is 36.3 Å². The number of aromatic nitrogens is 5. The minimum absolute atomic E-state index is 0.254. The number of ether oxygens (including phenoxy) is 1. The van der Waals surface area contributed by atoms with Crippen molar-refractivity contribution in [1.29, 1.82) is 0 Å². The van der Waals surface area contributed by atoms with Gasteiger partial charge in [-0.3, -0.25) is 9.89 Å². The molecule has 0 amide bonds. The summed E-state index contributed by atoms with van der Waals surface area (Å²) in [5.41, 5.74) is 1.72. The third-order valence-electron chi connectivity index (χ3n) is 3.33. The third-order valence-corrected chi connectivity index (χ3v) is 4.39. The summed E-state index contributed by atoms with van der Waals surface area (Å²) in [6.45, 7) is 3.14. The summed E-state index contributed by atoms with van der Waals surface area (Å²) in [5.74, 6) is 0. The minimum atomic E-state index is -0.254. The van der Waals surface area contributed by atoms with Crippen LogP contribution in [0.25, 0.3) is 21.6 Å². The normalized spacial score (nSPS) is 15.7. The molecule has 0 bridgehead atoms. The van der Waals surface area contributed by atoms with Gasteiger partial charge in [-0.1, -0.05) is 11.3 Å². The van der Waals surface area contributed by atoms with E-state index < -0.39 is 0 Å². The molecule has 0 unspecified atom stereocenters. The van der Waals surface area contributed by atoms with Gasteiger partial charge in [0.1, 0.15) is 11.2 Å². The first-order valence-electron chi connectivity index (χ1n) is 6.54. The Morgan fingerprint density at radius 1 is 1.24 bits per heavy atom. The van der Waals surface area contributed by atoms with Crippen LogP contribution < -0.4 is 10.5 Å². The van der Waals surface area contributed by atoms with Crippen LogP contribution in [0.5, 0.6) is 0 Å². The van der Waals surface area contributed by atoms with Gasteiger partial charge in [0.05, 0.1) is 23.6 Å². The first-order chi connectivity index (χ1) is 10.3. The fraction of sp³-hybridized carbons (Fsp3) is 0.333. The van der Waals surface area contributed by atoms with Crippen molar-refractivity contribution in [2.75, 3.05) is 31.2 Å². The standard InChI is InChI=1S/C12H12N6O2S/c19-9-5-7-10(16-15-9)11(17-14-7)8-6-13-12(21-8)18-1-3-20-4-2-18/h5-6H,1-4H2,(H,14,17)(H,15,19). The predicted molar refractivity (Wildman–Crippen MR) is 78.6 cm³/mol. The Hall–Kier alpha value is -2.26. The average Bonchev–Trinajstić information content (AvgIpc) is 3.13. The summed E-state index contributed by atoms with van der Waals surface area (Å²) >= 11 is 1.56. The van der Waals surface area contributed by atoms with Crippen LogP contribution in [0.2, 0.25) is 0 Å². The van der Waals surface area contributed by atoms with Gasteiger partial charge in [0.15, 0.2) is 5.13 Å². The van der Waals surface area contributed by atoms with Crippen molar-refractivity contribution in [3.8, 4) is 10.6 Å². The second-order valence-corrected chi connectivity index (χ2v) is 5.68. The number of nitrogens with one attached hydrogen (secondary N) is 2. The number of anilines is 1. The zero-order valence-corrected chi connectivity index (χ0v) is 11.8. The molecule has 0 spiro atoms. The minimum Gasteiger partial charge on any atom is -0.378 e. The van der Waals surface area contributed by atoms with Gasteiger partial charge in [0.25, 0.3) is 5.56 Å². The van der Waals surface area contributed by atoms with Crippen LogP contribution in [0.1, 0.15) is 0 Å². The van der Waals surface area contributed by atoms with Crippen molar-refractivity contribution >= 4 is 27.5 Å². The Kier molecular flexibility index (Phi) is 2.93. The van der Waals surface area contributed by atoms with Crippen LogP contribution in [0.15, 0.2) is 17.1 Å². The summed E-state index contributed by atoms with van der Waals surface area (Å²) in [7, 11) is 0. The third kappa shape index (κ3) is 2.20. The Labute approximate surface area is 122 Å². The predicted octanol–water partition coefficient (Wildman–Crippen LogP) is 0.606. The van der Waals surface area contributed by atoms with Crippen LogP contribution in [-0.2, 0) is 4.74 Å². The van der Waals surface area contributed by atoms with Crippen LogP contribution in [0.3, 0.4) is 0 Å². The van der Waals surface area contributed by atoms with E-state index in [-0.39, 0.29) is 5.56 Å². The maximum Gasteiger partial charge on any atom is 0.266 e. The van der Waals surface area contributed by atoms with Crippen molar-refractivity contribution in [1.82, 2.24) is 25.4 Å².